The lowest BCUT2D eigenvalue weighted by atomic mass is 9.78. The summed E-state index contributed by atoms with van der Waals surface area (Å²) in [6.07, 6.45) is 5.70. The van der Waals surface area contributed by atoms with Crippen LogP contribution >= 0.6 is 0 Å². The first kappa shape index (κ1) is 20.9. The number of pyridine rings is 1. The molecule has 1 fully saturated rings. The normalized spacial score (nSPS) is 14.7. The van der Waals surface area contributed by atoms with Gasteiger partial charge in [-0.3, -0.25) is 4.79 Å². The van der Waals surface area contributed by atoms with E-state index in [9.17, 15) is 4.79 Å². The number of amides is 1. The number of nitrogens with one attached hydrogen (secondary N) is 1. The first-order valence-corrected chi connectivity index (χ1v) is 10.9. The van der Waals surface area contributed by atoms with Crippen molar-refractivity contribution in [2.45, 2.75) is 44.6 Å². The van der Waals surface area contributed by atoms with Gasteiger partial charge in [0.2, 0.25) is 11.8 Å². The molecular formula is C26H28N2O3. The maximum atomic E-state index is 13.2. The van der Waals surface area contributed by atoms with Gasteiger partial charge in [-0.05, 0) is 43.0 Å². The van der Waals surface area contributed by atoms with E-state index < -0.39 is 5.41 Å². The summed E-state index contributed by atoms with van der Waals surface area (Å²) in [5.74, 6) is 1.90. The molecular weight excluding hydrogens is 388 g/mol. The van der Waals surface area contributed by atoms with Gasteiger partial charge in [0.15, 0.2) is 11.5 Å². The van der Waals surface area contributed by atoms with Gasteiger partial charge in [-0.25, -0.2) is 4.98 Å². The van der Waals surface area contributed by atoms with Gasteiger partial charge in [0.05, 0.1) is 12.0 Å². The smallest absolute Gasteiger partial charge is 0.230 e. The Morgan fingerprint density at radius 2 is 1.68 bits per heavy atom. The van der Waals surface area contributed by atoms with Crippen LogP contribution in [-0.4, -0.2) is 17.5 Å². The van der Waals surface area contributed by atoms with Crippen molar-refractivity contribution in [3.63, 3.8) is 0 Å². The van der Waals surface area contributed by atoms with E-state index in [2.05, 4.69) is 22.4 Å². The van der Waals surface area contributed by atoms with E-state index in [1.54, 1.807) is 6.20 Å². The van der Waals surface area contributed by atoms with Gasteiger partial charge in [0, 0.05) is 18.8 Å². The second-order valence-corrected chi connectivity index (χ2v) is 7.82. The van der Waals surface area contributed by atoms with Crippen molar-refractivity contribution < 1.29 is 14.3 Å². The van der Waals surface area contributed by atoms with Crippen LogP contribution in [0.4, 0.5) is 0 Å². The van der Waals surface area contributed by atoms with Crippen LogP contribution < -0.4 is 14.8 Å². The van der Waals surface area contributed by atoms with Crippen LogP contribution in [0.25, 0.3) is 0 Å². The van der Waals surface area contributed by atoms with E-state index in [1.807, 2.05) is 61.5 Å². The molecule has 3 aromatic rings. The van der Waals surface area contributed by atoms with Crippen molar-refractivity contribution in [1.29, 1.82) is 0 Å². The molecule has 1 aliphatic rings. The molecule has 1 aromatic heterocycles. The monoisotopic (exact) mass is 416 g/mol. The molecule has 31 heavy (non-hydrogen) atoms. The number of benzene rings is 2. The molecule has 0 atom stereocenters. The number of aromatic nitrogens is 1. The Balaban J connectivity index is 1.40. The highest BCUT2D eigenvalue weighted by molar-refractivity contribution is 5.88. The van der Waals surface area contributed by atoms with Crippen LogP contribution in [0.3, 0.4) is 0 Å². The third-order valence-electron chi connectivity index (χ3n) is 5.83. The molecule has 0 spiro atoms. The minimum atomic E-state index is -0.416. The van der Waals surface area contributed by atoms with Crippen molar-refractivity contribution in [1.82, 2.24) is 10.3 Å². The fourth-order valence-electron chi connectivity index (χ4n) is 4.23. The van der Waals surface area contributed by atoms with E-state index in [0.717, 1.165) is 36.8 Å². The molecule has 0 saturated heterocycles. The van der Waals surface area contributed by atoms with E-state index >= 15 is 0 Å². The molecule has 4 rings (SSSR count). The first-order chi connectivity index (χ1) is 15.2. The highest BCUT2D eigenvalue weighted by atomic mass is 16.5. The zero-order valence-electron chi connectivity index (χ0n) is 17.8. The van der Waals surface area contributed by atoms with Crippen LogP contribution in [0.5, 0.6) is 17.4 Å². The number of ether oxygens (including phenoxy) is 2. The van der Waals surface area contributed by atoms with Gasteiger partial charge >= 0.3 is 0 Å². The highest BCUT2D eigenvalue weighted by Crippen LogP contribution is 2.41. The predicted molar refractivity (Wildman–Crippen MR) is 120 cm³/mol. The van der Waals surface area contributed by atoms with Crippen LogP contribution in [0.1, 0.15) is 43.7 Å². The van der Waals surface area contributed by atoms with Crippen LogP contribution in [-0.2, 0) is 16.8 Å². The van der Waals surface area contributed by atoms with E-state index in [0.29, 0.717) is 30.5 Å². The molecule has 5 nitrogen and oxygen atoms in total. The Morgan fingerprint density at radius 1 is 0.968 bits per heavy atom. The zero-order chi connectivity index (χ0) is 21.5. The van der Waals surface area contributed by atoms with Crippen LogP contribution in [0, 0.1) is 0 Å². The molecule has 2 aromatic carbocycles. The summed E-state index contributed by atoms with van der Waals surface area (Å²) in [7, 11) is 0. The predicted octanol–water partition coefficient (Wildman–Crippen LogP) is 5.40. The molecule has 0 radical (unpaired) electrons. The third-order valence-corrected chi connectivity index (χ3v) is 5.83. The zero-order valence-corrected chi connectivity index (χ0v) is 17.8. The average molecular weight is 417 g/mol. The Bertz CT molecular complexity index is 997. The number of para-hydroxylation sites is 2. The lowest BCUT2D eigenvalue weighted by Gasteiger charge is -2.28. The van der Waals surface area contributed by atoms with Crippen LogP contribution in [0.15, 0.2) is 72.9 Å². The quantitative estimate of drug-likeness (QED) is 0.534. The minimum Gasteiger partial charge on any atom is -0.490 e. The third kappa shape index (κ3) is 4.71. The van der Waals surface area contributed by atoms with Gasteiger partial charge in [-0.15, -0.1) is 0 Å². The maximum absolute atomic E-state index is 13.2. The van der Waals surface area contributed by atoms with E-state index in [-0.39, 0.29) is 5.91 Å². The van der Waals surface area contributed by atoms with Crippen molar-refractivity contribution in [3.8, 4) is 17.4 Å². The Labute approximate surface area is 183 Å². The molecule has 1 amide bonds. The van der Waals surface area contributed by atoms with Gasteiger partial charge in [-0.2, -0.15) is 0 Å². The topological polar surface area (TPSA) is 60.5 Å². The largest absolute Gasteiger partial charge is 0.490 e. The Morgan fingerprint density at radius 3 is 2.35 bits per heavy atom. The molecule has 0 bridgehead atoms. The van der Waals surface area contributed by atoms with Crippen molar-refractivity contribution >= 4 is 5.91 Å². The fraction of sp³-hybridized carbons (Fsp3) is 0.308. The summed E-state index contributed by atoms with van der Waals surface area (Å²) in [6, 6.07) is 21.4. The molecule has 5 heteroatoms. The number of carbonyl (C=O) groups excluding carboxylic acids is 1. The van der Waals surface area contributed by atoms with Gasteiger partial charge in [0.25, 0.3) is 0 Å². The standard InChI is InChI=1S/C26H28N2O3/c1-2-30-22-12-6-7-13-23(22)31-24-15-14-20(18-27-24)19-28-25(29)26(16-8-9-17-26)21-10-4-3-5-11-21/h3-7,10-15,18H,2,8-9,16-17,19H2,1H3,(H,28,29). The molecule has 160 valence electrons. The number of hydrogen-bond donors (Lipinski definition) is 1. The van der Waals surface area contributed by atoms with Gasteiger partial charge < -0.3 is 14.8 Å². The lowest BCUT2D eigenvalue weighted by Crippen LogP contribution is -2.42. The molecule has 1 aliphatic carbocycles. The second kappa shape index (κ2) is 9.65. The number of nitrogens with zero attached hydrogens (tertiary/aromatic N) is 1. The lowest BCUT2D eigenvalue weighted by molar-refractivity contribution is -0.126. The molecule has 0 unspecified atom stereocenters. The van der Waals surface area contributed by atoms with E-state index in [1.165, 1.54) is 0 Å². The fourth-order valence-corrected chi connectivity index (χ4v) is 4.23. The van der Waals surface area contributed by atoms with Crippen LogP contribution in [0.2, 0.25) is 0 Å². The number of carbonyl (C=O) groups is 1. The summed E-state index contributed by atoms with van der Waals surface area (Å²) in [5, 5.41) is 3.14. The minimum absolute atomic E-state index is 0.0992. The molecule has 0 aliphatic heterocycles. The van der Waals surface area contributed by atoms with Crippen molar-refractivity contribution in [2.75, 3.05) is 6.61 Å². The summed E-state index contributed by atoms with van der Waals surface area (Å²) < 4.78 is 11.5. The molecule has 1 heterocycles. The molecule has 1 saturated carbocycles. The maximum Gasteiger partial charge on any atom is 0.230 e. The van der Waals surface area contributed by atoms with Crippen molar-refractivity contribution in [3.05, 3.63) is 84.1 Å². The highest BCUT2D eigenvalue weighted by Gasteiger charge is 2.42. The summed E-state index contributed by atoms with van der Waals surface area (Å²) in [5.41, 5.74) is 1.63. The summed E-state index contributed by atoms with van der Waals surface area (Å²) in [4.78, 5) is 17.6. The van der Waals surface area contributed by atoms with E-state index in [4.69, 9.17) is 9.47 Å². The van der Waals surface area contributed by atoms with Gasteiger partial charge in [0.1, 0.15) is 0 Å². The summed E-state index contributed by atoms with van der Waals surface area (Å²) in [6.45, 7) is 2.94. The SMILES string of the molecule is CCOc1ccccc1Oc1ccc(CNC(=O)C2(c3ccccc3)CCCC2)cn1. The second-order valence-electron chi connectivity index (χ2n) is 7.82. The summed E-state index contributed by atoms with van der Waals surface area (Å²) >= 11 is 0. The number of hydrogen-bond acceptors (Lipinski definition) is 4. The Kier molecular flexibility index (Phi) is 6.51. The average Bonchev–Trinajstić information content (AvgIpc) is 3.32. The Hall–Kier alpha value is -3.34. The molecule has 1 N–H and O–H groups in total. The van der Waals surface area contributed by atoms with Gasteiger partial charge in [-0.1, -0.05) is 61.4 Å². The van der Waals surface area contributed by atoms with Crippen molar-refractivity contribution in [2.24, 2.45) is 0 Å². The number of rotatable bonds is 8. The first-order valence-electron chi connectivity index (χ1n) is 10.9.